The van der Waals surface area contributed by atoms with E-state index in [2.05, 4.69) is 5.10 Å². The predicted octanol–water partition coefficient (Wildman–Crippen LogP) is 2.91. The number of aromatic carboxylic acids is 1. The minimum atomic E-state index is -0.973. The van der Waals surface area contributed by atoms with E-state index in [1.807, 2.05) is 44.2 Å². The van der Waals surface area contributed by atoms with Crippen molar-refractivity contribution in [2.75, 3.05) is 0 Å². The van der Waals surface area contributed by atoms with Crippen LogP contribution < -0.4 is 0 Å². The number of hydrogen-bond donors (Lipinski definition) is 1. The largest absolute Gasteiger partial charge is 0.477 e. The zero-order valence-corrected chi connectivity index (χ0v) is 10.2. The first-order chi connectivity index (χ1) is 8.18. The lowest BCUT2D eigenvalue weighted by Crippen LogP contribution is -2.07. The highest BCUT2D eigenvalue weighted by atomic mass is 16.4. The smallest absolute Gasteiger partial charge is 0.354 e. The van der Waals surface area contributed by atoms with Gasteiger partial charge in [0.1, 0.15) is 0 Å². The molecule has 0 saturated heterocycles. The van der Waals surface area contributed by atoms with E-state index in [1.165, 1.54) is 4.68 Å². The molecule has 0 saturated carbocycles. The topological polar surface area (TPSA) is 55.1 Å². The molecule has 0 unspecified atom stereocenters. The summed E-state index contributed by atoms with van der Waals surface area (Å²) in [5, 5.41) is 13.1. The fraction of sp³-hybridized carbons (Fsp3) is 0.231. The Kier molecular flexibility index (Phi) is 4.46. The second kappa shape index (κ2) is 5.84. The van der Waals surface area contributed by atoms with Crippen LogP contribution in [0.3, 0.4) is 0 Å². The number of para-hydroxylation sites is 1. The number of rotatable bonds is 2. The molecule has 0 aliphatic carbocycles. The average molecular weight is 232 g/mol. The van der Waals surface area contributed by atoms with Crippen LogP contribution in [-0.4, -0.2) is 20.9 Å². The van der Waals surface area contributed by atoms with E-state index < -0.39 is 5.97 Å². The molecule has 0 bridgehead atoms. The first kappa shape index (κ1) is 13.0. The molecule has 2 aromatic rings. The maximum absolute atomic E-state index is 10.9. The third kappa shape index (κ3) is 2.93. The molecule has 0 fully saturated rings. The molecule has 90 valence electrons. The summed E-state index contributed by atoms with van der Waals surface area (Å²) in [5.41, 5.74) is 1.62. The summed E-state index contributed by atoms with van der Waals surface area (Å²) in [6.07, 6.45) is 0. The van der Waals surface area contributed by atoms with Gasteiger partial charge in [0.15, 0.2) is 5.69 Å². The lowest BCUT2D eigenvalue weighted by molar-refractivity contribution is 0.0687. The average Bonchev–Trinajstić information content (AvgIpc) is 2.75. The Bertz CT molecular complexity index is 489. The van der Waals surface area contributed by atoms with Crippen LogP contribution in [0.4, 0.5) is 0 Å². The second-order valence-electron chi connectivity index (χ2n) is 3.22. The third-order valence-corrected chi connectivity index (χ3v) is 2.05. The van der Waals surface area contributed by atoms with Gasteiger partial charge in [-0.2, -0.15) is 5.10 Å². The number of carboxylic acid groups (broad SMARTS) is 1. The summed E-state index contributed by atoms with van der Waals surface area (Å²) in [6.45, 7) is 5.77. The second-order valence-corrected chi connectivity index (χ2v) is 3.22. The van der Waals surface area contributed by atoms with E-state index in [1.54, 1.807) is 13.0 Å². The Morgan fingerprint density at radius 2 is 1.82 bits per heavy atom. The standard InChI is InChI=1S/C11H10N2O2.C2H6/c1-8-7-10(11(14)15)13(12-8)9-5-3-2-4-6-9;1-2/h2-7H,1H3,(H,14,15);1-2H3. The van der Waals surface area contributed by atoms with Gasteiger partial charge in [-0.15, -0.1) is 0 Å². The number of carbonyl (C=O) groups is 1. The molecule has 1 aromatic carbocycles. The van der Waals surface area contributed by atoms with Gasteiger partial charge in [-0.05, 0) is 25.1 Å². The molecule has 0 radical (unpaired) electrons. The highest BCUT2D eigenvalue weighted by molar-refractivity contribution is 5.86. The molecule has 0 amide bonds. The normalized spacial score (nSPS) is 9.35. The molecule has 0 aliphatic rings. The van der Waals surface area contributed by atoms with Crippen LogP contribution >= 0.6 is 0 Å². The molecule has 0 spiro atoms. The van der Waals surface area contributed by atoms with Crippen molar-refractivity contribution in [2.24, 2.45) is 0 Å². The van der Waals surface area contributed by atoms with Crippen LogP contribution in [-0.2, 0) is 0 Å². The maximum Gasteiger partial charge on any atom is 0.354 e. The predicted molar refractivity (Wildman–Crippen MR) is 66.6 cm³/mol. The van der Waals surface area contributed by atoms with Gasteiger partial charge in [0.05, 0.1) is 11.4 Å². The number of aryl methyl sites for hydroxylation is 1. The van der Waals surface area contributed by atoms with Crippen molar-refractivity contribution in [3.05, 3.63) is 47.8 Å². The SMILES string of the molecule is CC.Cc1cc(C(=O)O)n(-c2ccccc2)n1. The van der Waals surface area contributed by atoms with Gasteiger partial charge < -0.3 is 5.11 Å². The summed E-state index contributed by atoms with van der Waals surface area (Å²) in [5.74, 6) is -0.973. The van der Waals surface area contributed by atoms with Crippen LogP contribution in [0.25, 0.3) is 5.69 Å². The number of aromatic nitrogens is 2. The van der Waals surface area contributed by atoms with E-state index in [9.17, 15) is 4.79 Å². The fourth-order valence-electron chi connectivity index (χ4n) is 1.42. The minimum absolute atomic E-state index is 0.179. The fourth-order valence-corrected chi connectivity index (χ4v) is 1.42. The zero-order valence-electron chi connectivity index (χ0n) is 10.2. The molecular weight excluding hydrogens is 216 g/mol. The van der Waals surface area contributed by atoms with Gasteiger partial charge in [-0.25, -0.2) is 9.48 Å². The van der Waals surface area contributed by atoms with Crippen molar-refractivity contribution < 1.29 is 9.90 Å². The first-order valence-corrected chi connectivity index (χ1v) is 5.54. The molecule has 0 aliphatic heterocycles. The lowest BCUT2D eigenvalue weighted by Gasteiger charge is -2.02. The maximum atomic E-state index is 10.9. The van der Waals surface area contributed by atoms with E-state index in [0.717, 1.165) is 5.69 Å². The first-order valence-electron chi connectivity index (χ1n) is 5.54. The van der Waals surface area contributed by atoms with Crippen molar-refractivity contribution in [3.8, 4) is 5.69 Å². The summed E-state index contributed by atoms with van der Waals surface area (Å²) in [6, 6.07) is 10.8. The van der Waals surface area contributed by atoms with Crippen molar-refractivity contribution in [1.29, 1.82) is 0 Å². The zero-order chi connectivity index (χ0) is 12.8. The number of carboxylic acids is 1. The van der Waals surface area contributed by atoms with Crippen LogP contribution in [0.2, 0.25) is 0 Å². The van der Waals surface area contributed by atoms with Gasteiger partial charge in [0, 0.05) is 0 Å². The van der Waals surface area contributed by atoms with E-state index >= 15 is 0 Å². The molecule has 4 heteroatoms. The van der Waals surface area contributed by atoms with Gasteiger partial charge in [-0.1, -0.05) is 32.0 Å². The van der Waals surface area contributed by atoms with Crippen molar-refractivity contribution in [3.63, 3.8) is 0 Å². The number of nitrogens with zero attached hydrogens (tertiary/aromatic N) is 2. The van der Waals surface area contributed by atoms with E-state index in [4.69, 9.17) is 5.11 Å². The van der Waals surface area contributed by atoms with Crippen LogP contribution in [0.15, 0.2) is 36.4 Å². The molecule has 17 heavy (non-hydrogen) atoms. The van der Waals surface area contributed by atoms with Crippen molar-refractivity contribution in [2.45, 2.75) is 20.8 Å². The molecular formula is C13H16N2O2. The highest BCUT2D eigenvalue weighted by Gasteiger charge is 2.13. The van der Waals surface area contributed by atoms with E-state index in [-0.39, 0.29) is 5.69 Å². The van der Waals surface area contributed by atoms with Crippen LogP contribution in [0.1, 0.15) is 30.0 Å². The van der Waals surface area contributed by atoms with Gasteiger partial charge in [0.25, 0.3) is 0 Å². The Balaban J connectivity index is 0.000000686. The summed E-state index contributed by atoms with van der Waals surface area (Å²) in [7, 11) is 0. The van der Waals surface area contributed by atoms with Gasteiger partial charge in [-0.3, -0.25) is 0 Å². The summed E-state index contributed by atoms with van der Waals surface area (Å²) in [4.78, 5) is 10.9. The van der Waals surface area contributed by atoms with Crippen LogP contribution in [0.5, 0.6) is 0 Å². The Morgan fingerprint density at radius 1 is 1.24 bits per heavy atom. The van der Waals surface area contributed by atoms with Gasteiger partial charge in [0.2, 0.25) is 0 Å². The molecule has 0 atom stereocenters. The Hall–Kier alpha value is -2.10. The van der Waals surface area contributed by atoms with Crippen LogP contribution in [0, 0.1) is 6.92 Å². The summed E-state index contributed by atoms with van der Waals surface area (Å²) < 4.78 is 1.43. The number of benzene rings is 1. The highest BCUT2D eigenvalue weighted by Crippen LogP contribution is 2.11. The molecule has 2 rings (SSSR count). The molecule has 4 nitrogen and oxygen atoms in total. The third-order valence-electron chi connectivity index (χ3n) is 2.05. The summed E-state index contributed by atoms with van der Waals surface area (Å²) >= 11 is 0. The Morgan fingerprint density at radius 3 is 2.35 bits per heavy atom. The van der Waals surface area contributed by atoms with Crippen molar-refractivity contribution in [1.82, 2.24) is 9.78 Å². The quantitative estimate of drug-likeness (QED) is 0.866. The van der Waals surface area contributed by atoms with E-state index in [0.29, 0.717) is 5.69 Å². The lowest BCUT2D eigenvalue weighted by atomic mass is 10.3. The van der Waals surface area contributed by atoms with Gasteiger partial charge >= 0.3 is 5.97 Å². The van der Waals surface area contributed by atoms with Crippen molar-refractivity contribution >= 4 is 5.97 Å². The molecule has 1 aromatic heterocycles. The molecule has 1 N–H and O–H groups in total. The Labute approximate surface area is 101 Å². The monoisotopic (exact) mass is 232 g/mol. The number of hydrogen-bond acceptors (Lipinski definition) is 2. The minimum Gasteiger partial charge on any atom is -0.477 e. The molecule has 1 heterocycles.